The molecule has 156 valence electrons. The molecular weight excluding hydrogens is 364 g/mol. The third kappa shape index (κ3) is 5.02. The van der Waals surface area contributed by atoms with Gasteiger partial charge in [0.05, 0.1) is 6.61 Å². The number of hydrogen-bond acceptors (Lipinski definition) is 5. The van der Waals surface area contributed by atoms with Crippen LogP contribution in [0.3, 0.4) is 0 Å². The first-order chi connectivity index (χ1) is 14.2. The Morgan fingerprint density at radius 3 is 2.79 bits per heavy atom. The third-order valence-corrected chi connectivity index (χ3v) is 6.53. The Balaban J connectivity index is 1.17. The highest BCUT2D eigenvalue weighted by Gasteiger charge is 2.26. The number of fused-ring (bicyclic) bond motifs is 1. The number of hydrogen-bond donors (Lipinski definition) is 1. The van der Waals surface area contributed by atoms with Gasteiger partial charge < -0.3 is 15.0 Å². The number of nitrogens with one attached hydrogen (secondary N) is 1. The highest BCUT2D eigenvalue weighted by Crippen LogP contribution is 2.34. The molecule has 1 aromatic rings. The molecule has 0 aromatic carbocycles. The monoisotopic (exact) mass is 396 g/mol. The minimum absolute atomic E-state index is 0.127. The molecular formula is C23H32N4O2. The van der Waals surface area contributed by atoms with E-state index in [9.17, 15) is 4.79 Å². The topological polar surface area (TPSA) is 57.7 Å². The number of anilines is 1. The number of carbonyl (C=O) groups is 1. The molecule has 6 nitrogen and oxygen atoms in total. The van der Waals surface area contributed by atoms with Gasteiger partial charge in [0.2, 0.25) is 0 Å². The van der Waals surface area contributed by atoms with E-state index in [2.05, 4.69) is 38.0 Å². The van der Waals surface area contributed by atoms with Crippen molar-refractivity contribution in [1.29, 1.82) is 0 Å². The van der Waals surface area contributed by atoms with E-state index in [0.717, 1.165) is 69.5 Å². The molecule has 2 aliphatic heterocycles. The van der Waals surface area contributed by atoms with Gasteiger partial charge in [-0.3, -0.25) is 9.69 Å². The maximum Gasteiger partial charge on any atom is 0.296 e. The van der Waals surface area contributed by atoms with Crippen molar-refractivity contribution in [3.63, 3.8) is 0 Å². The van der Waals surface area contributed by atoms with Crippen LogP contribution in [-0.2, 0) is 11.2 Å². The fourth-order valence-electron chi connectivity index (χ4n) is 4.80. The fraction of sp³-hybridized carbons (Fsp3) is 0.652. The van der Waals surface area contributed by atoms with Crippen LogP contribution in [0.25, 0.3) is 0 Å². The van der Waals surface area contributed by atoms with Gasteiger partial charge >= 0.3 is 0 Å². The molecule has 1 amide bonds. The minimum Gasteiger partial charge on any atom is -0.489 e. The van der Waals surface area contributed by atoms with Gasteiger partial charge in [0.1, 0.15) is 0 Å². The quantitative estimate of drug-likeness (QED) is 0.774. The maximum atomic E-state index is 11.6. The van der Waals surface area contributed by atoms with Gasteiger partial charge in [-0.25, -0.2) is 4.98 Å². The zero-order chi connectivity index (χ0) is 20.1. The molecule has 29 heavy (non-hydrogen) atoms. The number of ether oxygens (including phenoxy) is 1. The lowest BCUT2D eigenvalue weighted by Crippen LogP contribution is -2.47. The van der Waals surface area contributed by atoms with Crippen LogP contribution in [0.4, 0.5) is 5.82 Å². The van der Waals surface area contributed by atoms with Crippen LogP contribution in [-0.4, -0.2) is 61.2 Å². The van der Waals surface area contributed by atoms with E-state index in [4.69, 9.17) is 4.74 Å². The average molecular weight is 397 g/mol. The summed E-state index contributed by atoms with van der Waals surface area (Å²) in [5.41, 5.74) is 1.30. The normalized spacial score (nSPS) is 24.2. The third-order valence-electron chi connectivity index (χ3n) is 6.53. The molecule has 0 radical (unpaired) electrons. The van der Waals surface area contributed by atoms with E-state index in [-0.39, 0.29) is 5.91 Å². The van der Waals surface area contributed by atoms with E-state index >= 15 is 0 Å². The van der Waals surface area contributed by atoms with E-state index in [1.165, 1.54) is 31.4 Å². The summed E-state index contributed by atoms with van der Waals surface area (Å²) in [6.45, 7) is 7.87. The SMILES string of the molecule is CC#CC(=O)N[C@H]1CC[C@H](CCN2CCN(c3nccc4c3OCC4)CC2)CC1. The lowest BCUT2D eigenvalue weighted by molar-refractivity contribution is -0.116. The highest BCUT2D eigenvalue weighted by atomic mass is 16.5. The molecule has 3 heterocycles. The van der Waals surface area contributed by atoms with Gasteiger partial charge in [-0.2, -0.15) is 0 Å². The van der Waals surface area contributed by atoms with E-state index in [1.807, 2.05) is 6.20 Å². The molecule has 1 aromatic heterocycles. The zero-order valence-electron chi connectivity index (χ0n) is 17.5. The fourth-order valence-corrected chi connectivity index (χ4v) is 4.80. The summed E-state index contributed by atoms with van der Waals surface area (Å²) >= 11 is 0. The van der Waals surface area contributed by atoms with E-state index < -0.39 is 0 Å². The summed E-state index contributed by atoms with van der Waals surface area (Å²) in [6, 6.07) is 2.39. The predicted molar refractivity (Wildman–Crippen MR) is 114 cm³/mol. The Bertz CT molecular complexity index is 769. The van der Waals surface area contributed by atoms with Crippen molar-refractivity contribution >= 4 is 11.7 Å². The number of nitrogens with zero attached hydrogens (tertiary/aromatic N) is 3. The van der Waals surface area contributed by atoms with Crippen molar-refractivity contribution in [1.82, 2.24) is 15.2 Å². The first kappa shape index (κ1) is 20.0. The van der Waals surface area contributed by atoms with Gasteiger partial charge in [0.15, 0.2) is 11.6 Å². The van der Waals surface area contributed by atoms with Crippen LogP contribution in [0.2, 0.25) is 0 Å². The number of pyridine rings is 1. The van der Waals surface area contributed by atoms with Gasteiger partial charge in [-0.05, 0) is 63.5 Å². The smallest absolute Gasteiger partial charge is 0.296 e. The molecule has 1 saturated carbocycles. The Kier molecular flexibility index (Phi) is 6.56. The minimum atomic E-state index is -0.127. The van der Waals surface area contributed by atoms with Crippen molar-refractivity contribution in [2.45, 2.75) is 51.5 Å². The number of aromatic nitrogens is 1. The van der Waals surface area contributed by atoms with Gasteiger partial charge in [-0.15, -0.1) is 0 Å². The molecule has 2 fully saturated rings. The summed E-state index contributed by atoms with van der Waals surface area (Å²) < 4.78 is 5.83. The molecule has 0 spiro atoms. The van der Waals surface area contributed by atoms with Crippen molar-refractivity contribution < 1.29 is 9.53 Å². The number of piperazine rings is 1. The van der Waals surface area contributed by atoms with E-state index in [1.54, 1.807) is 6.92 Å². The second-order valence-electron chi connectivity index (χ2n) is 8.40. The molecule has 1 N–H and O–H groups in total. The Morgan fingerprint density at radius 2 is 2.03 bits per heavy atom. The molecule has 4 rings (SSSR count). The number of rotatable bonds is 5. The lowest BCUT2D eigenvalue weighted by Gasteiger charge is -2.37. The van der Waals surface area contributed by atoms with Crippen LogP contribution >= 0.6 is 0 Å². The molecule has 6 heteroatoms. The first-order valence-corrected chi connectivity index (χ1v) is 11.0. The highest BCUT2D eigenvalue weighted by molar-refractivity contribution is 5.93. The standard InChI is InChI=1S/C23H32N4O2/c1-2-3-21(28)25-20-6-4-18(5-7-20)9-12-26-13-15-27(16-14-26)23-22-19(8-11-24-23)10-17-29-22/h8,11,18,20H,4-7,9-10,12-17H2,1H3,(H,25,28)/t18-,20-. The molecule has 1 aliphatic carbocycles. The van der Waals surface area contributed by atoms with Crippen molar-refractivity contribution in [2.75, 3.05) is 44.2 Å². The largest absolute Gasteiger partial charge is 0.489 e. The van der Waals surface area contributed by atoms with Crippen LogP contribution in [0.5, 0.6) is 5.75 Å². The van der Waals surface area contributed by atoms with Crippen molar-refractivity contribution in [3.8, 4) is 17.6 Å². The predicted octanol–water partition coefficient (Wildman–Crippen LogP) is 2.23. The zero-order valence-corrected chi connectivity index (χ0v) is 17.5. The van der Waals surface area contributed by atoms with Crippen molar-refractivity contribution in [3.05, 3.63) is 17.8 Å². The number of amides is 1. The number of carbonyl (C=O) groups excluding carboxylic acids is 1. The second-order valence-corrected chi connectivity index (χ2v) is 8.40. The summed E-state index contributed by atoms with van der Waals surface area (Å²) in [7, 11) is 0. The molecule has 3 aliphatic rings. The van der Waals surface area contributed by atoms with Crippen LogP contribution in [0.15, 0.2) is 12.3 Å². The first-order valence-electron chi connectivity index (χ1n) is 11.0. The average Bonchev–Trinajstić information content (AvgIpc) is 3.23. The summed E-state index contributed by atoms with van der Waals surface area (Å²) in [4.78, 5) is 21.2. The lowest BCUT2D eigenvalue weighted by atomic mass is 9.84. The van der Waals surface area contributed by atoms with Crippen LogP contribution < -0.4 is 15.0 Å². The maximum absolute atomic E-state index is 11.6. The molecule has 0 atom stereocenters. The summed E-state index contributed by atoms with van der Waals surface area (Å²) in [5, 5.41) is 3.04. The van der Waals surface area contributed by atoms with Gasteiger partial charge in [-0.1, -0.05) is 5.92 Å². The van der Waals surface area contributed by atoms with Crippen molar-refractivity contribution in [2.24, 2.45) is 5.92 Å². The van der Waals surface area contributed by atoms with Gasteiger partial charge in [0, 0.05) is 50.4 Å². The second kappa shape index (κ2) is 9.49. The molecule has 1 saturated heterocycles. The van der Waals surface area contributed by atoms with E-state index in [0.29, 0.717) is 6.04 Å². The Morgan fingerprint density at radius 1 is 1.24 bits per heavy atom. The summed E-state index contributed by atoms with van der Waals surface area (Å²) in [6.07, 6.45) is 8.77. The van der Waals surface area contributed by atoms with Crippen LogP contribution in [0, 0.1) is 17.8 Å². The van der Waals surface area contributed by atoms with Gasteiger partial charge in [0.25, 0.3) is 5.91 Å². The summed E-state index contributed by atoms with van der Waals surface area (Å²) in [5.74, 6) is 7.94. The Labute approximate surface area is 174 Å². The van der Waals surface area contributed by atoms with Crippen LogP contribution in [0.1, 0.15) is 44.6 Å². The molecule has 0 bridgehead atoms. The molecule has 0 unspecified atom stereocenters. The Hall–Kier alpha value is -2.26.